The number of pyridine rings is 1. The summed E-state index contributed by atoms with van der Waals surface area (Å²) < 4.78 is 60.1. The fourth-order valence-corrected chi connectivity index (χ4v) is 3.68. The molecule has 33 heavy (non-hydrogen) atoms. The highest BCUT2D eigenvalue weighted by atomic mass is 19.3. The number of nitrogens with zero attached hydrogens (tertiary/aromatic N) is 5. The van der Waals surface area contributed by atoms with Crippen LogP contribution in [-0.2, 0) is 18.1 Å². The number of alkyl halides is 2. The van der Waals surface area contributed by atoms with Gasteiger partial charge in [-0.25, -0.2) is 13.5 Å². The minimum atomic E-state index is -4.10. The Morgan fingerprint density at radius 3 is 2.58 bits per heavy atom. The largest absolute Gasteiger partial charge is 0.377 e. The molecule has 2 N–H and O–H groups in total. The predicted molar refractivity (Wildman–Crippen MR) is 109 cm³/mol. The lowest BCUT2D eigenvalue weighted by Crippen LogP contribution is -2.48. The van der Waals surface area contributed by atoms with E-state index in [0.29, 0.717) is 11.6 Å². The number of nitrogens with one attached hydrogen (secondary N) is 1. The molecule has 0 aliphatic carbocycles. The Bertz CT molecular complexity index is 1150. The van der Waals surface area contributed by atoms with Crippen LogP contribution in [0.25, 0.3) is 0 Å². The number of hydrogen-bond acceptors (Lipinski definition) is 6. The van der Waals surface area contributed by atoms with Crippen LogP contribution in [0.15, 0.2) is 42.9 Å². The van der Waals surface area contributed by atoms with Gasteiger partial charge in [0, 0.05) is 29.3 Å². The number of tetrazole rings is 1. The summed E-state index contributed by atoms with van der Waals surface area (Å²) >= 11 is 0. The molecule has 11 heteroatoms. The van der Waals surface area contributed by atoms with Crippen molar-refractivity contribution in [1.29, 1.82) is 0 Å². The second kappa shape index (κ2) is 9.25. The summed E-state index contributed by atoms with van der Waals surface area (Å²) in [6.45, 7) is 0.847. The zero-order valence-corrected chi connectivity index (χ0v) is 17.3. The Morgan fingerprint density at radius 2 is 1.94 bits per heavy atom. The van der Waals surface area contributed by atoms with Crippen LogP contribution in [0, 0.1) is 29.4 Å². The highest BCUT2D eigenvalue weighted by Crippen LogP contribution is 2.46. The number of piperidine rings is 1. The Kier molecular flexibility index (Phi) is 6.40. The molecule has 0 saturated carbocycles. The van der Waals surface area contributed by atoms with Gasteiger partial charge < -0.3 is 10.4 Å². The zero-order chi connectivity index (χ0) is 23.5. The Labute approximate surface area is 186 Å². The molecule has 7 nitrogen and oxygen atoms in total. The maximum absolute atomic E-state index is 15.7. The van der Waals surface area contributed by atoms with Crippen molar-refractivity contribution in [3.8, 4) is 11.8 Å². The average molecular weight is 460 g/mol. The van der Waals surface area contributed by atoms with E-state index in [1.807, 2.05) is 0 Å². The number of benzene rings is 1. The molecule has 1 saturated heterocycles. The Balaban J connectivity index is 1.68. The summed E-state index contributed by atoms with van der Waals surface area (Å²) in [4.78, 5) is 3.80. The van der Waals surface area contributed by atoms with Crippen molar-refractivity contribution in [3.63, 3.8) is 0 Å². The summed E-state index contributed by atoms with van der Waals surface area (Å²) in [6.07, 6.45) is 3.99. The molecule has 0 radical (unpaired) electrons. The van der Waals surface area contributed by atoms with E-state index in [9.17, 15) is 13.9 Å². The van der Waals surface area contributed by atoms with E-state index in [2.05, 4.69) is 37.7 Å². The number of hydrogen-bond donors (Lipinski definition) is 2. The molecule has 2 aromatic heterocycles. The molecule has 1 aromatic carbocycles. The number of halogens is 4. The van der Waals surface area contributed by atoms with E-state index >= 15 is 8.78 Å². The third kappa shape index (κ3) is 4.72. The van der Waals surface area contributed by atoms with Crippen LogP contribution in [-0.4, -0.2) is 43.4 Å². The molecule has 0 spiro atoms. The van der Waals surface area contributed by atoms with E-state index < -0.39 is 41.0 Å². The normalized spacial score (nSPS) is 16.6. The third-order valence-electron chi connectivity index (χ3n) is 5.52. The van der Waals surface area contributed by atoms with Crippen molar-refractivity contribution >= 4 is 0 Å². The molecule has 172 valence electrons. The van der Waals surface area contributed by atoms with Crippen molar-refractivity contribution in [1.82, 2.24) is 30.5 Å². The predicted octanol–water partition coefficient (Wildman–Crippen LogP) is 2.38. The van der Waals surface area contributed by atoms with Crippen molar-refractivity contribution in [3.05, 3.63) is 71.3 Å². The van der Waals surface area contributed by atoms with Gasteiger partial charge in [-0.1, -0.05) is 11.8 Å². The van der Waals surface area contributed by atoms with Gasteiger partial charge in [0.15, 0.2) is 5.60 Å². The van der Waals surface area contributed by atoms with Gasteiger partial charge in [-0.05, 0) is 60.6 Å². The van der Waals surface area contributed by atoms with Crippen LogP contribution < -0.4 is 5.32 Å². The number of aromatic nitrogens is 5. The number of aliphatic hydroxyl groups is 1. The Hall–Kier alpha value is -3.36. The first kappa shape index (κ1) is 22.8. The zero-order valence-electron chi connectivity index (χ0n) is 17.3. The molecule has 3 aromatic rings. The highest BCUT2D eigenvalue weighted by molar-refractivity contribution is 5.36. The molecule has 1 unspecified atom stereocenters. The summed E-state index contributed by atoms with van der Waals surface area (Å²) in [5, 5.41) is 24.6. The van der Waals surface area contributed by atoms with E-state index in [0.717, 1.165) is 55.1 Å². The van der Waals surface area contributed by atoms with Gasteiger partial charge in [-0.15, -0.1) is 5.10 Å². The second-order valence-electron chi connectivity index (χ2n) is 7.79. The van der Waals surface area contributed by atoms with Crippen LogP contribution >= 0.6 is 0 Å². The first-order valence-electron chi connectivity index (χ1n) is 10.2. The lowest BCUT2D eigenvalue weighted by Gasteiger charge is -2.35. The number of rotatable bonds is 5. The maximum atomic E-state index is 15.7. The van der Waals surface area contributed by atoms with Crippen molar-refractivity contribution in [2.45, 2.75) is 30.9 Å². The standard InChI is InChI=1S/C22H20F4N6O/c23-17-4-5-18(19(24)11-17)21(33,13-32-14-29-30-31-32)22(25,26)20-6-3-16(12-28-20)2-1-15-7-9-27-10-8-15/h3-6,11-12,14-15,27,33H,7-10,13H2. The van der Waals surface area contributed by atoms with Gasteiger partial charge in [0.2, 0.25) is 0 Å². The lowest BCUT2D eigenvalue weighted by atomic mass is 9.84. The molecule has 3 heterocycles. The van der Waals surface area contributed by atoms with E-state index in [1.54, 1.807) is 0 Å². The first-order chi connectivity index (χ1) is 15.8. The fraction of sp³-hybridized carbons (Fsp3) is 0.364. The van der Waals surface area contributed by atoms with Crippen molar-refractivity contribution < 1.29 is 22.7 Å². The molecule has 0 amide bonds. The van der Waals surface area contributed by atoms with Crippen LogP contribution in [0.5, 0.6) is 0 Å². The summed E-state index contributed by atoms with van der Waals surface area (Å²) in [7, 11) is 0. The van der Waals surface area contributed by atoms with E-state index in [-0.39, 0.29) is 5.92 Å². The molecular weight excluding hydrogens is 440 g/mol. The highest BCUT2D eigenvalue weighted by Gasteiger charge is 2.57. The van der Waals surface area contributed by atoms with Crippen LogP contribution in [0.3, 0.4) is 0 Å². The molecule has 0 bridgehead atoms. The third-order valence-corrected chi connectivity index (χ3v) is 5.52. The SMILES string of the molecule is OC(Cn1cnnn1)(c1ccc(F)cc1F)C(F)(F)c1ccc(C#CC2CCNCC2)cn1. The monoisotopic (exact) mass is 460 g/mol. The van der Waals surface area contributed by atoms with Gasteiger partial charge in [0.05, 0.1) is 6.54 Å². The van der Waals surface area contributed by atoms with Gasteiger partial charge in [-0.3, -0.25) is 4.98 Å². The molecular formula is C22H20F4N6O. The Morgan fingerprint density at radius 1 is 1.15 bits per heavy atom. The van der Waals surface area contributed by atoms with Gasteiger partial charge in [-0.2, -0.15) is 8.78 Å². The van der Waals surface area contributed by atoms with Gasteiger partial charge >= 0.3 is 5.92 Å². The lowest BCUT2D eigenvalue weighted by molar-refractivity contribution is -0.207. The topological polar surface area (TPSA) is 88.8 Å². The van der Waals surface area contributed by atoms with E-state index in [1.165, 1.54) is 12.3 Å². The fourth-order valence-electron chi connectivity index (χ4n) is 3.68. The maximum Gasteiger partial charge on any atom is 0.323 e. The molecule has 1 aliphatic heterocycles. The quantitative estimate of drug-likeness (QED) is 0.449. The molecule has 1 atom stereocenters. The minimum absolute atomic E-state index is 0.218. The summed E-state index contributed by atoms with van der Waals surface area (Å²) in [5.74, 6) is -0.140. The van der Waals surface area contributed by atoms with Crippen LogP contribution in [0.1, 0.15) is 29.7 Å². The van der Waals surface area contributed by atoms with Crippen LogP contribution in [0.2, 0.25) is 0 Å². The minimum Gasteiger partial charge on any atom is -0.377 e. The molecule has 1 fully saturated rings. The van der Waals surface area contributed by atoms with Gasteiger partial charge in [0.25, 0.3) is 0 Å². The smallest absolute Gasteiger partial charge is 0.323 e. The summed E-state index contributed by atoms with van der Waals surface area (Å²) in [5.41, 5.74) is -4.37. The average Bonchev–Trinajstić information content (AvgIpc) is 3.31. The van der Waals surface area contributed by atoms with E-state index in [4.69, 9.17) is 0 Å². The second-order valence-corrected chi connectivity index (χ2v) is 7.79. The van der Waals surface area contributed by atoms with Crippen molar-refractivity contribution in [2.75, 3.05) is 13.1 Å². The van der Waals surface area contributed by atoms with Crippen molar-refractivity contribution in [2.24, 2.45) is 5.92 Å². The molecule has 4 rings (SSSR count). The molecule has 1 aliphatic rings. The first-order valence-corrected chi connectivity index (χ1v) is 10.2. The van der Waals surface area contributed by atoms with Gasteiger partial charge in [0.1, 0.15) is 23.7 Å². The summed E-state index contributed by atoms with van der Waals surface area (Å²) in [6, 6.07) is 4.36. The van der Waals surface area contributed by atoms with Crippen LogP contribution in [0.4, 0.5) is 17.6 Å².